The van der Waals surface area contributed by atoms with Crippen LogP contribution in [0.3, 0.4) is 0 Å². The van der Waals surface area contributed by atoms with Gasteiger partial charge >= 0.3 is 0 Å². The number of nitriles is 2. The van der Waals surface area contributed by atoms with E-state index in [-0.39, 0.29) is 0 Å². The van der Waals surface area contributed by atoms with Crippen LogP contribution in [0.1, 0.15) is 11.1 Å². The summed E-state index contributed by atoms with van der Waals surface area (Å²) >= 11 is 0. The molecule has 0 bridgehead atoms. The molecule has 1 heterocycles. The van der Waals surface area contributed by atoms with Crippen molar-refractivity contribution in [3.05, 3.63) is 139 Å². The van der Waals surface area contributed by atoms with Crippen molar-refractivity contribution in [1.29, 1.82) is 10.5 Å². The third-order valence-electron chi connectivity index (χ3n) is 7.00. The van der Waals surface area contributed by atoms with Crippen molar-refractivity contribution in [3.8, 4) is 12.1 Å². The molecule has 1 aliphatic rings. The highest BCUT2D eigenvalue weighted by atomic mass is 28.3. The Bertz CT molecular complexity index is 1570. The van der Waals surface area contributed by atoms with Crippen LogP contribution in [-0.4, -0.2) is 8.07 Å². The minimum Gasteiger partial charge on any atom is -0.309 e. The van der Waals surface area contributed by atoms with E-state index in [0.717, 1.165) is 17.1 Å². The molecule has 0 aromatic heterocycles. The number of fused-ring (bicyclic) bond motifs is 2. The molecule has 0 amide bonds. The number of para-hydroxylation sites is 2. The molecule has 0 saturated heterocycles. The summed E-state index contributed by atoms with van der Waals surface area (Å²) < 4.78 is 0. The lowest BCUT2D eigenvalue weighted by molar-refractivity contribution is 1.27. The van der Waals surface area contributed by atoms with Gasteiger partial charge in [-0.05, 0) is 51.1 Å². The number of rotatable bonds is 3. The summed E-state index contributed by atoms with van der Waals surface area (Å²) in [6.45, 7) is 0. The van der Waals surface area contributed by atoms with Crippen LogP contribution in [-0.2, 0) is 0 Å². The fourth-order valence-electron chi connectivity index (χ4n) is 5.55. The number of nitrogens with zero attached hydrogens (tertiary/aromatic N) is 3. The molecule has 0 radical (unpaired) electrons. The molecule has 0 atom stereocenters. The van der Waals surface area contributed by atoms with E-state index in [1.54, 1.807) is 12.1 Å². The van der Waals surface area contributed by atoms with Gasteiger partial charge in [0.15, 0.2) is 8.07 Å². The zero-order chi connectivity index (χ0) is 24.5. The van der Waals surface area contributed by atoms with E-state index < -0.39 is 8.07 Å². The molecule has 1 aliphatic heterocycles. The molecule has 5 aromatic rings. The first-order valence-corrected chi connectivity index (χ1v) is 13.8. The summed E-state index contributed by atoms with van der Waals surface area (Å²) in [6, 6.07) is 48.6. The van der Waals surface area contributed by atoms with Crippen LogP contribution >= 0.6 is 0 Å². The highest BCUT2D eigenvalue weighted by Gasteiger charge is 2.48. The topological polar surface area (TPSA) is 50.8 Å². The molecule has 5 aromatic carbocycles. The fourth-order valence-corrected chi connectivity index (χ4v) is 10.7. The molecular weight excluding hydrogens is 454 g/mol. The van der Waals surface area contributed by atoms with Gasteiger partial charge in [0.2, 0.25) is 0 Å². The van der Waals surface area contributed by atoms with Gasteiger partial charge in [-0.1, -0.05) is 97.1 Å². The Labute approximate surface area is 211 Å². The van der Waals surface area contributed by atoms with Crippen molar-refractivity contribution >= 4 is 45.9 Å². The van der Waals surface area contributed by atoms with Crippen molar-refractivity contribution in [2.45, 2.75) is 0 Å². The fraction of sp³-hybridized carbons (Fsp3) is 0. The molecule has 0 unspecified atom stereocenters. The number of hydrogen-bond donors (Lipinski definition) is 0. The Balaban J connectivity index is 1.78. The minimum atomic E-state index is -2.69. The van der Waals surface area contributed by atoms with Gasteiger partial charge in [0.1, 0.15) is 6.07 Å². The van der Waals surface area contributed by atoms with Crippen LogP contribution in [0.5, 0.6) is 0 Å². The molecule has 0 N–H and O–H groups in total. The van der Waals surface area contributed by atoms with E-state index in [0.29, 0.717) is 11.1 Å². The first-order valence-electron chi connectivity index (χ1n) is 11.8. The normalized spacial score (nSPS) is 13.1. The van der Waals surface area contributed by atoms with Gasteiger partial charge in [0.05, 0.1) is 22.9 Å². The molecule has 4 heteroatoms. The standard InChI is InChI=1S/C32H21N3Si/c33-22-24-19-20-25(23-34)30(21-24)35-28-15-7-9-17-31(28)36(26-11-3-1-4-12-26,27-13-5-2-6-14-27)32-18-10-8-16-29(32)35/h1-21H. The van der Waals surface area contributed by atoms with Crippen molar-refractivity contribution < 1.29 is 0 Å². The van der Waals surface area contributed by atoms with Crippen LogP contribution in [0.15, 0.2) is 127 Å². The molecule has 36 heavy (non-hydrogen) atoms. The van der Waals surface area contributed by atoms with Crippen molar-refractivity contribution in [2.75, 3.05) is 4.90 Å². The van der Waals surface area contributed by atoms with Crippen molar-refractivity contribution in [3.63, 3.8) is 0 Å². The maximum Gasteiger partial charge on any atom is 0.184 e. The highest BCUT2D eigenvalue weighted by molar-refractivity contribution is 7.21. The summed E-state index contributed by atoms with van der Waals surface area (Å²) in [5.41, 5.74) is 3.87. The molecule has 168 valence electrons. The van der Waals surface area contributed by atoms with Gasteiger partial charge in [-0.3, -0.25) is 0 Å². The van der Waals surface area contributed by atoms with E-state index in [1.165, 1.54) is 20.7 Å². The second-order valence-corrected chi connectivity index (χ2v) is 12.5. The van der Waals surface area contributed by atoms with Crippen LogP contribution < -0.4 is 25.6 Å². The van der Waals surface area contributed by atoms with Crippen molar-refractivity contribution in [1.82, 2.24) is 0 Å². The van der Waals surface area contributed by atoms with Gasteiger partial charge in [-0.25, -0.2) is 0 Å². The van der Waals surface area contributed by atoms with E-state index in [1.807, 2.05) is 6.07 Å². The predicted molar refractivity (Wildman–Crippen MR) is 148 cm³/mol. The maximum absolute atomic E-state index is 10.0. The zero-order valence-corrected chi connectivity index (χ0v) is 20.5. The van der Waals surface area contributed by atoms with Crippen LogP contribution in [0.4, 0.5) is 17.1 Å². The lowest BCUT2D eigenvalue weighted by atomic mass is 10.1. The van der Waals surface area contributed by atoms with Gasteiger partial charge in [-0.15, -0.1) is 0 Å². The Kier molecular flexibility index (Phi) is 5.23. The van der Waals surface area contributed by atoms with Gasteiger partial charge in [0.25, 0.3) is 0 Å². The minimum absolute atomic E-state index is 0.527. The summed E-state index contributed by atoms with van der Waals surface area (Å²) in [6.07, 6.45) is 0. The Morgan fingerprint density at radius 2 is 1.00 bits per heavy atom. The molecule has 3 nitrogen and oxygen atoms in total. The van der Waals surface area contributed by atoms with Gasteiger partial charge < -0.3 is 4.90 Å². The zero-order valence-electron chi connectivity index (χ0n) is 19.5. The number of benzene rings is 5. The smallest absolute Gasteiger partial charge is 0.184 e. The largest absolute Gasteiger partial charge is 0.309 e. The molecule has 0 saturated carbocycles. The average Bonchev–Trinajstić information content (AvgIpc) is 2.96. The molecule has 0 aliphatic carbocycles. The first-order chi connectivity index (χ1) is 17.8. The first kappa shape index (κ1) is 21.6. The Hall–Kier alpha value is -4.90. The SMILES string of the molecule is N#Cc1ccc(C#N)c(N2c3ccccc3[Si](c3ccccc3)(c3ccccc3)c3ccccc32)c1. The third kappa shape index (κ3) is 3.10. The molecular formula is C32H21N3Si. The predicted octanol–water partition coefficient (Wildman–Crippen LogP) is 4.59. The quantitative estimate of drug-likeness (QED) is 0.352. The van der Waals surface area contributed by atoms with Crippen LogP contribution in [0.2, 0.25) is 0 Å². The summed E-state index contributed by atoms with van der Waals surface area (Å²) in [5, 5.41) is 24.8. The van der Waals surface area contributed by atoms with Crippen molar-refractivity contribution in [2.24, 2.45) is 0 Å². The lowest BCUT2D eigenvalue weighted by Gasteiger charge is -2.45. The van der Waals surface area contributed by atoms with Crippen LogP contribution in [0.25, 0.3) is 0 Å². The van der Waals surface area contributed by atoms with E-state index in [4.69, 9.17) is 0 Å². The van der Waals surface area contributed by atoms with Gasteiger partial charge in [-0.2, -0.15) is 10.5 Å². The summed E-state index contributed by atoms with van der Waals surface area (Å²) in [7, 11) is -2.69. The highest BCUT2D eigenvalue weighted by Crippen LogP contribution is 2.39. The number of hydrogen-bond acceptors (Lipinski definition) is 3. The second kappa shape index (κ2) is 8.71. The second-order valence-electron chi connectivity index (χ2n) is 8.81. The van der Waals surface area contributed by atoms with E-state index in [9.17, 15) is 10.5 Å². The average molecular weight is 476 g/mol. The van der Waals surface area contributed by atoms with E-state index >= 15 is 0 Å². The molecule has 0 spiro atoms. The number of anilines is 3. The summed E-state index contributed by atoms with van der Waals surface area (Å²) in [5.74, 6) is 0. The molecule has 0 fully saturated rings. The monoisotopic (exact) mass is 475 g/mol. The molecule has 6 rings (SSSR count). The maximum atomic E-state index is 10.0. The lowest BCUT2D eigenvalue weighted by Crippen LogP contribution is -2.77. The summed E-state index contributed by atoms with van der Waals surface area (Å²) in [4.78, 5) is 2.17. The Morgan fingerprint density at radius 3 is 1.50 bits per heavy atom. The van der Waals surface area contributed by atoms with E-state index in [2.05, 4.69) is 126 Å². The van der Waals surface area contributed by atoms with Crippen LogP contribution in [0, 0.1) is 22.7 Å². The van der Waals surface area contributed by atoms with Gasteiger partial charge in [0, 0.05) is 11.4 Å². The Morgan fingerprint density at radius 1 is 0.500 bits per heavy atom. The third-order valence-corrected chi connectivity index (χ3v) is 11.9.